The molecule has 2 aromatic rings. The Bertz CT molecular complexity index is 903. The van der Waals surface area contributed by atoms with E-state index in [0.717, 1.165) is 41.9 Å². The fraction of sp³-hybridized carbons (Fsp3) is 0.167. The number of hydrogen-bond acceptors (Lipinski definition) is 4. The molecular weight excluding hydrogens is 376 g/mol. The van der Waals surface area contributed by atoms with Gasteiger partial charge in [-0.05, 0) is 49.1 Å². The maximum Gasteiger partial charge on any atom is 0.328 e. The van der Waals surface area contributed by atoms with Crippen LogP contribution in [0.2, 0.25) is 5.02 Å². The van der Waals surface area contributed by atoms with Gasteiger partial charge in [-0.3, -0.25) is 9.59 Å². The second-order valence-corrected chi connectivity index (χ2v) is 7.22. The molecule has 8 heteroatoms. The summed E-state index contributed by atoms with van der Waals surface area (Å²) in [6, 6.07) is 6.74. The molecule has 1 aromatic carbocycles. The van der Waals surface area contributed by atoms with E-state index in [-0.39, 0.29) is 5.91 Å². The number of aliphatic carboxylic acids is 1. The van der Waals surface area contributed by atoms with Crippen LogP contribution in [0.15, 0.2) is 36.4 Å². The van der Waals surface area contributed by atoms with Crippen molar-refractivity contribution < 1.29 is 19.5 Å². The number of carbonyl (C=O) groups is 3. The summed E-state index contributed by atoms with van der Waals surface area (Å²) in [7, 11) is 0. The molecule has 1 aromatic heterocycles. The van der Waals surface area contributed by atoms with Crippen LogP contribution in [0.5, 0.6) is 0 Å². The van der Waals surface area contributed by atoms with Crippen LogP contribution in [0.25, 0.3) is 0 Å². The largest absolute Gasteiger partial charge is 0.478 e. The molecule has 1 heterocycles. The van der Waals surface area contributed by atoms with Crippen LogP contribution in [-0.4, -0.2) is 22.9 Å². The quantitative estimate of drug-likeness (QED) is 0.678. The predicted molar refractivity (Wildman–Crippen MR) is 101 cm³/mol. The van der Waals surface area contributed by atoms with Crippen LogP contribution in [0.3, 0.4) is 0 Å². The summed E-state index contributed by atoms with van der Waals surface area (Å²) in [5.74, 6) is -2.12. The van der Waals surface area contributed by atoms with Crippen molar-refractivity contribution in [3.05, 3.63) is 57.4 Å². The zero-order valence-corrected chi connectivity index (χ0v) is 15.1. The average Bonchev–Trinajstić information content (AvgIpc) is 3.15. The smallest absolute Gasteiger partial charge is 0.328 e. The van der Waals surface area contributed by atoms with Crippen molar-refractivity contribution in [3.63, 3.8) is 0 Å². The fourth-order valence-electron chi connectivity index (χ4n) is 2.76. The molecule has 3 N–H and O–H groups in total. The summed E-state index contributed by atoms with van der Waals surface area (Å²) < 4.78 is 0. The predicted octanol–water partition coefficient (Wildman–Crippen LogP) is 3.72. The lowest BCUT2D eigenvalue weighted by Crippen LogP contribution is -2.17. The van der Waals surface area contributed by atoms with Crippen LogP contribution >= 0.6 is 22.9 Å². The first-order valence-electron chi connectivity index (χ1n) is 7.87. The number of rotatable bonds is 5. The number of anilines is 2. The first-order chi connectivity index (χ1) is 12.4. The molecule has 0 fully saturated rings. The third kappa shape index (κ3) is 4.12. The van der Waals surface area contributed by atoms with Gasteiger partial charge in [0.1, 0.15) is 5.00 Å². The molecule has 1 aliphatic rings. The first kappa shape index (κ1) is 18.2. The summed E-state index contributed by atoms with van der Waals surface area (Å²) in [6.07, 6.45) is 4.28. The van der Waals surface area contributed by atoms with E-state index in [1.165, 1.54) is 11.3 Å². The Morgan fingerprint density at radius 1 is 1.08 bits per heavy atom. The van der Waals surface area contributed by atoms with Crippen LogP contribution < -0.4 is 10.6 Å². The van der Waals surface area contributed by atoms with Crippen molar-refractivity contribution in [3.8, 4) is 0 Å². The zero-order chi connectivity index (χ0) is 18.7. The Morgan fingerprint density at radius 2 is 1.81 bits per heavy atom. The molecule has 0 unspecified atom stereocenters. The van der Waals surface area contributed by atoms with Crippen molar-refractivity contribution in [2.75, 3.05) is 10.6 Å². The minimum atomic E-state index is -1.21. The van der Waals surface area contributed by atoms with Crippen molar-refractivity contribution in [1.82, 2.24) is 0 Å². The minimum Gasteiger partial charge on any atom is -0.478 e. The van der Waals surface area contributed by atoms with Gasteiger partial charge in [0.25, 0.3) is 5.91 Å². The number of halogens is 1. The van der Waals surface area contributed by atoms with Crippen LogP contribution in [0.1, 0.15) is 27.2 Å². The third-order valence-corrected chi connectivity index (χ3v) is 5.32. The first-order valence-corrected chi connectivity index (χ1v) is 9.07. The Morgan fingerprint density at radius 3 is 2.50 bits per heavy atom. The monoisotopic (exact) mass is 390 g/mol. The average molecular weight is 391 g/mol. The van der Waals surface area contributed by atoms with E-state index >= 15 is 0 Å². The van der Waals surface area contributed by atoms with Crippen molar-refractivity contribution in [1.29, 1.82) is 0 Å². The van der Waals surface area contributed by atoms with Gasteiger partial charge in [-0.25, -0.2) is 4.79 Å². The van der Waals surface area contributed by atoms with E-state index in [4.69, 9.17) is 16.7 Å². The van der Waals surface area contributed by atoms with Crippen molar-refractivity contribution >= 4 is 51.4 Å². The lowest BCUT2D eigenvalue weighted by Gasteiger charge is -2.09. The maximum absolute atomic E-state index is 12.8. The number of amides is 2. The molecule has 0 saturated heterocycles. The van der Waals surface area contributed by atoms with Gasteiger partial charge in [0.15, 0.2) is 0 Å². The van der Waals surface area contributed by atoms with E-state index in [0.29, 0.717) is 21.3 Å². The van der Waals surface area contributed by atoms with E-state index in [1.807, 2.05) is 0 Å². The Kier molecular flexibility index (Phi) is 5.39. The molecule has 134 valence electrons. The van der Waals surface area contributed by atoms with Gasteiger partial charge in [0.05, 0.1) is 5.56 Å². The van der Waals surface area contributed by atoms with Crippen molar-refractivity contribution in [2.24, 2.45) is 0 Å². The van der Waals surface area contributed by atoms with E-state index in [2.05, 4.69) is 10.6 Å². The molecule has 0 saturated carbocycles. The summed E-state index contributed by atoms with van der Waals surface area (Å²) in [4.78, 5) is 36.3. The number of fused-ring (bicyclic) bond motifs is 1. The second-order valence-electron chi connectivity index (χ2n) is 5.68. The molecule has 3 rings (SSSR count). The van der Waals surface area contributed by atoms with E-state index in [9.17, 15) is 14.4 Å². The highest BCUT2D eigenvalue weighted by atomic mass is 35.5. The highest BCUT2D eigenvalue weighted by Crippen LogP contribution is 2.39. The Balaban J connectivity index is 1.85. The SMILES string of the molecule is O=C(O)C=CC(=O)Nc1sc2c(c1C(=O)Nc1ccc(Cl)cc1)CCC2. The van der Waals surface area contributed by atoms with E-state index < -0.39 is 11.9 Å². The van der Waals surface area contributed by atoms with Gasteiger partial charge in [-0.15, -0.1) is 11.3 Å². The van der Waals surface area contributed by atoms with Crippen LogP contribution in [0, 0.1) is 0 Å². The van der Waals surface area contributed by atoms with Gasteiger partial charge in [-0.1, -0.05) is 11.6 Å². The van der Waals surface area contributed by atoms with E-state index in [1.54, 1.807) is 24.3 Å². The molecule has 0 bridgehead atoms. The molecule has 0 spiro atoms. The molecule has 0 atom stereocenters. The lowest BCUT2D eigenvalue weighted by atomic mass is 10.1. The molecule has 0 radical (unpaired) electrons. The zero-order valence-electron chi connectivity index (χ0n) is 13.5. The second kappa shape index (κ2) is 7.72. The van der Waals surface area contributed by atoms with Gasteiger partial charge in [0, 0.05) is 27.7 Å². The van der Waals surface area contributed by atoms with Crippen LogP contribution in [-0.2, 0) is 22.4 Å². The molecule has 6 nitrogen and oxygen atoms in total. The molecule has 1 aliphatic carbocycles. The normalized spacial score (nSPS) is 12.8. The third-order valence-electron chi connectivity index (χ3n) is 3.86. The van der Waals surface area contributed by atoms with Crippen molar-refractivity contribution in [2.45, 2.75) is 19.3 Å². The number of carboxylic acids is 1. The summed E-state index contributed by atoms with van der Waals surface area (Å²) >= 11 is 7.21. The summed E-state index contributed by atoms with van der Waals surface area (Å²) in [6.45, 7) is 0. The topological polar surface area (TPSA) is 95.5 Å². The molecule has 26 heavy (non-hydrogen) atoms. The number of thiophene rings is 1. The molecule has 2 amide bonds. The van der Waals surface area contributed by atoms with Gasteiger partial charge >= 0.3 is 5.97 Å². The summed E-state index contributed by atoms with van der Waals surface area (Å²) in [5, 5.41) is 15.0. The number of benzene rings is 1. The molecule has 0 aliphatic heterocycles. The standard InChI is InChI=1S/C18H15ClN2O4S/c19-10-4-6-11(7-5-10)20-17(25)16-12-2-1-3-13(12)26-18(16)21-14(22)8-9-15(23)24/h4-9H,1-3H2,(H,20,25)(H,21,22)(H,23,24). The van der Waals surface area contributed by atoms with Crippen LogP contribution in [0.4, 0.5) is 10.7 Å². The number of hydrogen-bond donors (Lipinski definition) is 3. The van der Waals surface area contributed by atoms with Gasteiger partial charge in [0.2, 0.25) is 5.91 Å². The Hall–Kier alpha value is -2.64. The maximum atomic E-state index is 12.8. The number of carboxylic acid groups (broad SMARTS) is 1. The highest BCUT2D eigenvalue weighted by molar-refractivity contribution is 7.17. The number of aryl methyl sites for hydroxylation is 1. The highest BCUT2D eigenvalue weighted by Gasteiger charge is 2.27. The fourth-order valence-corrected chi connectivity index (χ4v) is 4.18. The Labute approximate surface area is 158 Å². The molecular formula is C18H15ClN2O4S. The summed E-state index contributed by atoms with van der Waals surface area (Å²) in [5.41, 5.74) is 1.98. The lowest BCUT2D eigenvalue weighted by molar-refractivity contribution is -0.131. The van der Waals surface area contributed by atoms with Gasteiger partial charge < -0.3 is 15.7 Å². The number of nitrogens with one attached hydrogen (secondary N) is 2. The van der Waals surface area contributed by atoms with Gasteiger partial charge in [-0.2, -0.15) is 0 Å². The minimum absolute atomic E-state index is 0.316. The number of carbonyl (C=O) groups excluding carboxylic acids is 2.